The summed E-state index contributed by atoms with van der Waals surface area (Å²) in [4.78, 5) is 11.8. The number of rotatable bonds is 5. The Morgan fingerprint density at radius 1 is 1.44 bits per heavy atom. The summed E-state index contributed by atoms with van der Waals surface area (Å²) in [6, 6.07) is 2.08. The van der Waals surface area contributed by atoms with Gasteiger partial charge in [-0.1, -0.05) is 40.0 Å². The Morgan fingerprint density at radius 2 is 2.17 bits per heavy atom. The van der Waals surface area contributed by atoms with Crippen molar-refractivity contribution in [3.63, 3.8) is 0 Å². The first kappa shape index (κ1) is 15.0. The van der Waals surface area contributed by atoms with Gasteiger partial charge >= 0.3 is 0 Å². The molecule has 0 aromatic rings. The molecule has 1 fully saturated rings. The van der Waals surface area contributed by atoms with E-state index in [1.807, 2.05) is 13.8 Å². The molecular formula is C15H26N2O. The zero-order valence-electron chi connectivity index (χ0n) is 11.9. The van der Waals surface area contributed by atoms with Crippen LogP contribution < -0.4 is 5.32 Å². The fraction of sp³-hybridized carbons (Fsp3) is 0.867. The summed E-state index contributed by atoms with van der Waals surface area (Å²) >= 11 is 0. The van der Waals surface area contributed by atoms with E-state index < -0.39 is 5.92 Å². The van der Waals surface area contributed by atoms with Crippen LogP contribution in [0.3, 0.4) is 0 Å². The van der Waals surface area contributed by atoms with Crippen LogP contribution in [-0.4, -0.2) is 12.5 Å². The third-order valence-electron chi connectivity index (χ3n) is 3.99. The maximum atomic E-state index is 11.8. The van der Waals surface area contributed by atoms with Crippen LogP contribution in [0.5, 0.6) is 0 Å². The summed E-state index contributed by atoms with van der Waals surface area (Å²) in [6.45, 7) is 6.86. The number of carbonyl (C=O) groups excluding carboxylic acids is 1. The quantitative estimate of drug-likeness (QED) is 0.815. The number of carbonyl (C=O) groups is 1. The molecule has 3 atom stereocenters. The first-order valence-corrected chi connectivity index (χ1v) is 7.22. The summed E-state index contributed by atoms with van der Waals surface area (Å²) in [5.74, 6) is 1.08. The van der Waals surface area contributed by atoms with E-state index in [0.717, 1.165) is 24.8 Å². The van der Waals surface area contributed by atoms with Crippen molar-refractivity contribution in [3.05, 3.63) is 0 Å². The molecule has 0 aliphatic heterocycles. The van der Waals surface area contributed by atoms with Gasteiger partial charge in [0.2, 0.25) is 5.91 Å². The van der Waals surface area contributed by atoms with Gasteiger partial charge < -0.3 is 5.32 Å². The number of nitrogens with one attached hydrogen (secondary N) is 1. The molecule has 1 N–H and O–H groups in total. The standard InChI is InChI=1S/C15H26N2O/c1-11(2)14(10-16)15(18)17-8-7-13-6-4-5-12(3)9-13/h11-14H,4-9H2,1-3H3,(H,17,18). The van der Waals surface area contributed by atoms with Crippen molar-refractivity contribution >= 4 is 5.91 Å². The first-order valence-electron chi connectivity index (χ1n) is 7.22. The second-order valence-electron chi connectivity index (χ2n) is 6.07. The molecule has 0 saturated heterocycles. The SMILES string of the molecule is CC1CCCC(CCNC(=O)C(C#N)C(C)C)C1. The van der Waals surface area contributed by atoms with Gasteiger partial charge in [0.25, 0.3) is 0 Å². The molecule has 18 heavy (non-hydrogen) atoms. The van der Waals surface area contributed by atoms with E-state index in [-0.39, 0.29) is 11.8 Å². The Bertz CT molecular complexity index is 306. The van der Waals surface area contributed by atoms with E-state index in [1.165, 1.54) is 25.7 Å². The number of amides is 1. The van der Waals surface area contributed by atoms with Crippen LogP contribution in [0.1, 0.15) is 52.9 Å². The zero-order chi connectivity index (χ0) is 13.5. The van der Waals surface area contributed by atoms with Crippen LogP contribution in [0, 0.1) is 35.0 Å². The summed E-state index contributed by atoms with van der Waals surface area (Å²) < 4.78 is 0. The Balaban J connectivity index is 2.25. The van der Waals surface area contributed by atoms with Crippen molar-refractivity contribution in [1.29, 1.82) is 5.26 Å². The molecular weight excluding hydrogens is 224 g/mol. The topological polar surface area (TPSA) is 52.9 Å². The van der Waals surface area contributed by atoms with Crippen LogP contribution in [0.25, 0.3) is 0 Å². The average molecular weight is 250 g/mol. The number of hydrogen-bond acceptors (Lipinski definition) is 2. The van der Waals surface area contributed by atoms with E-state index >= 15 is 0 Å². The summed E-state index contributed by atoms with van der Waals surface area (Å²) in [7, 11) is 0. The second kappa shape index (κ2) is 7.41. The molecule has 0 radical (unpaired) electrons. The monoisotopic (exact) mass is 250 g/mol. The Labute approximate surface area is 111 Å². The lowest BCUT2D eigenvalue weighted by Crippen LogP contribution is -2.34. The lowest BCUT2D eigenvalue weighted by atomic mass is 9.81. The van der Waals surface area contributed by atoms with E-state index in [1.54, 1.807) is 0 Å². The van der Waals surface area contributed by atoms with E-state index in [0.29, 0.717) is 0 Å². The first-order chi connectivity index (χ1) is 8.54. The van der Waals surface area contributed by atoms with Gasteiger partial charge in [0, 0.05) is 6.54 Å². The Kier molecular flexibility index (Phi) is 6.18. The highest BCUT2D eigenvalue weighted by Crippen LogP contribution is 2.30. The smallest absolute Gasteiger partial charge is 0.237 e. The number of hydrogen-bond donors (Lipinski definition) is 1. The number of nitriles is 1. The van der Waals surface area contributed by atoms with Gasteiger partial charge in [-0.25, -0.2) is 0 Å². The largest absolute Gasteiger partial charge is 0.355 e. The molecule has 1 saturated carbocycles. The third kappa shape index (κ3) is 4.68. The molecule has 0 bridgehead atoms. The van der Waals surface area contributed by atoms with Crippen LogP contribution in [0.15, 0.2) is 0 Å². The van der Waals surface area contributed by atoms with Crippen LogP contribution in [0.2, 0.25) is 0 Å². The van der Waals surface area contributed by atoms with Gasteiger partial charge in [0.15, 0.2) is 0 Å². The molecule has 0 aromatic carbocycles. The fourth-order valence-corrected chi connectivity index (χ4v) is 2.84. The van der Waals surface area contributed by atoms with Gasteiger partial charge in [-0.05, 0) is 30.6 Å². The highest BCUT2D eigenvalue weighted by atomic mass is 16.1. The molecule has 0 heterocycles. The molecule has 1 amide bonds. The van der Waals surface area contributed by atoms with Crippen molar-refractivity contribution in [2.75, 3.05) is 6.54 Å². The summed E-state index contributed by atoms with van der Waals surface area (Å²) in [5, 5.41) is 11.9. The number of nitrogens with zero attached hydrogens (tertiary/aromatic N) is 1. The minimum Gasteiger partial charge on any atom is -0.355 e. The van der Waals surface area contributed by atoms with Gasteiger partial charge in [0.05, 0.1) is 6.07 Å². The van der Waals surface area contributed by atoms with E-state index in [4.69, 9.17) is 5.26 Å². The zero-order valence-corrected chi connectivity index (χ0v) is 11.9. The van der Waals surface area contributed by atoms with Crippen molar-refractivity contribution in [2.45, 2.75) is 52.9 Å². The molecule has 3 heteroatoms. The molecule has 1 aliphatic carbocycles. The molecule has 3 unspecified atom stereocenters. The van der Waals surface area contributed by atoms with Crippen LogP contribution in [0.4, 0.5) is 0 Å². The van der Waals surface area contributed by atoms with Gasteiger partial charge in [0.1, 0.15) is 5.92 Å². The minimum atomic E-state index is -0.504. The molecule has 102 valence electrons. The van der Waals surface area contributed by atoms with Crippen molar-refractivity contribution < 1.29 is 4.79 Å². The lowest BCUT2D eigenvalue weighted by Gasteiger charge is -2.26. The maximum absolute atomic E-state index is 11.8. The third-order valence-corrected chi connectivity index (χ3v) is 3.99. The van der Waals surface area contributed by atoms with E-state index in [9.17, 15) is 4.79 Å². The van der Waals surface area contributed by atoms with Crippen molar-refractivity contribution in [3.8, 4) is 6.07 Å². The summed E-state index contributed by atoms with van der Waals surface area (Å²) in [5.41, 5.74) is 0. The second-order valence-corrected chi connectivity index (χ2v) is 6.07. The van der Waals surface area contributed by atoms with Crippen molar-refractivity contribution in [2.24, 2.45) is 23.7 Å². The maximum Gasteiger partial charge on any atom is 0.237 e. The van der Waals surface area contributed by atoms with Gasteiger partial charge in [-0.3, -0.25) is 4.79 Å². The molecule has 1 aliphatic rings. The predicted molar refractivity (Wildman–Crippen MR) is 72.7 cm³/mol. The van der Waals surface area contributed by atoms with E-state index in [2.05, 4.69) is 18.3 Å². The predicted octanol–water partition coefficient (Wildman–Crippen LogP) is 3.11. The fourth-order valence-electron chi connectivity index (χ4n) is 2.84. The van der Waals surface area contributed by atoms with Crippen LogP contribution >= 0.6 is 0 Å². The molecule has 3 nitrogen and oxygen atoms in total. The highest BCUT2D eigenvalue weighted by Gasteiger charge is 2.22. The minimum absolute atomic E-state index is 0.0877. The summed E-state index contributed by atoms with van der Waals surface area (Å²) in [6.07, 6.45) is 6.33. The van der Waals surface area contributed by atoms with Gasteiger partial charge in [-0.15, -0.1) is 0 Å². The highest BCUT2D eigenvalue weighted by molar-refractivity contribution is 5.81. The Hall–Kier alpha value is -1.04. The van der Waals surface area contributed by atoms with Crippen molar-refractivity contribution in [1.82, 2.24) is 5.32 Å². The molecule has 1 rings (SSSR count). The lowest BCUT2D eigenvalue weighted by molar-refractivity contribution is -0.124. The molecule has 0 spiro atoms. The normalized spacial score (nSPS) is 25.5. The van der Waals surface area contributed by atoms with Gasteiger partial charge in [-0.2, -0.15) is 5.26 Å². The van der Waals surface area contributed by atoms with Crippen LogP contribution in [-0.2, 0) is 4.79 Å². The Morgan fingerprint density at radius 3 is 2.72 bits per heavy atom. The average Bonchev–Trinajstić information content (AvgIpc) is 2.29. The molecule has 0 aromatic heterocycles.